The molecule has 2 aromatic heterocycles. The SMILES string of the molecule is O=C(Nc1nnc(C2COc3ccccc3O2)o1)c1ccc(Oc2ccccc2)nc1. The Balaban J connectivity index is 1.22. The zero-order valence-corrected chi connectivity index (χ0v) is 16.1. The van der Waals surface area contributed by atoms with Crippen molar-refractivity contribution in [1.29, 1.82) is 0 Å². The Morgan fingerprint density at radius 3 is 2.58 bits per heavy atom. The number of anilines is 1. The number of fused-ring (bicyclic) bond motifs is 1. The molecule has 0 saturated carbocycles. The summed E-state index contributed by atoms with van der Waals surface area (Å²) in [5.74, 6) is 2.03. The maximum Gasteiger partial charge on any atom is 0.322 e. The van der Waals surface area contributed by atoms with Gasteiger partial charge in [-0.1, -0.05) is 35.4 Å². The second-order valence-corrected chi connectivity index (χ2v) is 6.56. The first-order chi connectivity index (χ1) is 15.2. The van der Waals surface area contributed by atoms with Crippen molar-refractivity contribution in [3.8, 4) is 23.1 Å². The third-order valence-corrected chi connectivity index (χ3v) is 4.41. The van der Waals surface area contributed by atoms with E-state index in [0.717, 1.165) is 0 Å². The van der Waals surface area contributed by atoms with Crippen LogP contribution in [-0.4, -0.2) is 27.7 Å². The molecule has 9 heteroatoms. The number of hydrogen-bond acceptors (Lipinski definition) is 8. The minimum Gasteiger partial charge on any atom is -0.485 e. The highest BCUT2D eigenvalue weighted by Gasteiger charge is 2.27. The number of nitrogens with one attached hydrogen (secondary N) is 1. The number of carbonyl (C=O) groups excluding carboxylic acids is 1. The van der Waals surface area contributed by atoms with Crippen LogP contribution in [0.5, 0.6) is 23.1 Å². The van der Waals surface area contributed by atoms with Gasteiger partial charge in [0, 0.05) is 12.3 Å². The molecule has 1 aliphatic rings. The number of aromatic nitrogens is 3. The van der Waals surface area contributed by atoms with Crippen LogP contribution in [-0.2, 0) is 0 Å². The summed E-state index contributed by atoms with van der Waals surface area (Å²) in [6.07, 6.45) is 0.837. The van der Waals surface area contributed by atoms with Crippen molar-refractivity contribution in [2.75, 3.05) is 11.9 Å². The Bertz CT molecular complexity index is 1190. The van der Waals surface area contributed by atoms with Crippen LogP contribution in [0.3, 0.4) is 0 Å². The van der Waals surface area contributed by atoms with Crippen LogP contribution in [0.25, 0.3) is 0 Å². The fraction of sp³-hybridized carbons (Fsp3) is 0.0909. The topological polar surface area (TPSA) is 109 Å². The molecule has 3 heterocycles. The third-order valence-electron chi connectivity index (χ3n) is 4.41. The van der Waals surface area contributed by atoms with Crippen LogP contribution in [0.4, 0.5) is 6.01 Å². The molecule has 31 heavy (non-hydrogen) atoms. The lowest BCUT2D eigenvalue weighted by Gasteiger charge is -2.23. The average Bonchev–Trinajstić information content (AvgIpc) is 3.28. The fourth-order valence-electron chi connectivity index (χ4n) is 2.91. The van der Waals surface area contributed by atoms with Crippen LogP contribution in [0, 0.1) is 0 Å². The van der Waals surface area contributed by atoms with Crippen LogP contribution in [0.1, 0.15) is 22.4 Å². The molecule has 1 amide bonds. The van der Waals surface area contributed by atoms with E-state index in [9.17, 15) is 4.79 Å². The lowest BCUT2D eigenvalue weighted by Crippen LogP contribution is -2.21. The molecule has 0 bridgehead atoms. The lowest BCUT2D eigenvalue weighted by molar-refractivity contribution is 0.0716. The van der Waals surface area contributed by atoms with E-state index in [-0.39, 0.29) is 18.5 Å². The molecule has 5 rings (SSSR count). The van der Waals surface area contributed by atoms with Crippen LogP contribution in [0.2, 0.25) is 0 Å². The van der Waals surface area contributed by atoms with E-state index < -0.39 is 12.0 Å². The monoisotopic (exact) mass is 416 g/mol. The van der Waals surface area contributed by atoms with Gasteiger partial charge in [0.25, 0.3) is 11.8 Å². The fourth-order valence-corrected chi connectivity index (χ4v) is 2.91. The van der Waals surface area contributed by atoms with E-state index in [4.69, 9.17) is 18.6 Å². The largest absolute Gasteiger partial charge is 0.485 e. The van der Waals surface area contributed by atoms with E-state index in [1.165, 1.54) is 6.20 Å². The number of para-hydroxylation sites is 3. The maximum absolute atomic E-state index is 12.5. The molecule has 1 N–H and O–H groups in total. The molecule has 1 atom stereocenters. The van der Waals surface area contributed by atoms with Crippen molar-refractivity contribution in [2.24, 2.45) is 0 Å². The first-order valence-corrected chi connectivity index (χ1v) is 9.47. The highest BCUT2D eigenvalue weighted by atomic mass is 16.6. The van der Waals surface area contributed by atoms with Gasteiger partial charge in [-0.2, -0.15) is 0 Å². The van der Waals surface area contributed by atoms with E-state index in [1.54, 1.807) is 18.2 Å². The Morgan fingerprint density at radius 1 is 0.968 bits per heavy atom. The van der Waals surface area contributed by atoms with E-state index in [0.29, 0.717) is 28.7 Å². The van der Waals surface area contributed by atoms with Crippen LogP contribution >= 0.6 is 0 Å². The third kappa shape index (κ3) is 4.15. The summed E-state index contributed by atoms with van der Waals surface area (Å²) in [7, 11) is 0. The first kappa shape index (κ1) is 18.6. The quantitative estimate of drug-likeness (QED) is 0.520. The number of carbonyl (C=O) groups is 1. The molecule has 0 saturated heterocycles. The van der Waals surface area contributed by atoms with Crippen molar-refractivity contribution in [2.45, 2.75) is 6.10 Å². The number of pyridine rings is 1. The molecule has 1 unspecified atom stereocenters. The molecule has 154 valence electrons. The Morgan fingerprint density at radius 2 is 1.77 bits per heavy atom. The van der Waals surface area contributed by atoms with Gasteiger partial charge in [-0.15, -0.1) is 5.10 Å². The molecule has 4 aromatic rings. The highest BCUT2D eigenvalue weighted by molar-refractivity contribution is 6.02. The number of ether oxygens (including phenoxy) is 3. The molecule has 2 aromatic carbocycles. The lowest BCUT2D eigenvalue weighted by atomic mass is 10.2. The second kappa shape index (κ2) is 8.15. The number of nitrogens with zero attached hydrogens (tertiary/aromatic N) is 3. The smallest absolute Gasteiger partial charge is 0.322 e. The van der Waals surface area contributed by atoms with Gasteiger partial charge in [-0.25, -0.2) is 4.98 Å². The Kier molecular flexibility index (Phi) is 4.89. The Labute approximate surface area is 176 Å². The number of hydrogen-bond donors (Lipinski definition) is 1. The van der Waals surface area contributed by atoms with Gasteiger partial charge in [0.05, 0.1) is 5.56 Å². The summed E-state index contributed by atoms with van der Waals surface area (Å²) in [5, 5.41) is 10.4. The van der Waals surface area contributed by atoms with Crippen LogP contribution < -0.4 is 19.5 Å². The number of rotatable bonds is 5. The molecule has 0 aliphatic carbocycles. The Hall–Kier alpha value is -4.40. The maximum atomic E-state index is 12.5. The van der Waals surface area contributed by atoms with Gasteiger partial charge in [-0.3, -0.25) is 10.1 Å². The van der Waals surface area contributed by atoms with Crippen molar-refractivity contribution >= 4 is 11.9 Å². The summed E-state index contributed by atoms with van der Waals surface area (Å²) in [6.45, 7) is 0.222. The molecule has 0 fully saturated rings. The standard InChI is InChI=1S/C22H16N4O5/c27-20(14-10-11-19(23-12-14)29-15-6-2-1-3-7-15)24-22-26-25-21(31-22)18-13-28-16-8-4-5-9-17(16)30-18/h1-12,18H,13H2,(H,24,26,27). The van der Waals surface area contributed by atoms with E-state index >= 15 is 0 Å². The van der Waals surface area contributed by atoms with Crippen LogP contribution in [0.15, 0.2) is 77.3 Å². The average molecular weight is 416 g/mol. The summed E-state index contributed by atoms with van der Waals surface area (Å²) in [5.41, 5.74) is 0.311. The molecule has 0 radical (unpaired) electrons. The normalized spacial score (nSPS) is 14.6. The molecule has 9 nitrogen and oxygen atoms in total. The van der Waals surface area contributed by atoms with Crippen molar-refractivity contribution < 1.29 is 23.4 Å². The van der Waals surface area contributed by atoms with E-state index in [1.807, 2.05) is 48.5 Å². The van der Waals surface area contributed by atoms with Gasteiger partial charge in [-0.05, 0) is 30.3 Å². The predicted molar refractivity (Wildman–Crippen MR) is 108 cm³/mol. The molecular formula is C22H16N4O5. The minimum absolute atomic E-state index is 0.0490. The highest BCUT2D eigenvalue weighted by Crippen LogP contribution is 2.35. The summed E-state index contributed by atoms with van der Waals surface area (Å²) in [4.78, 5) is 16.6. The number of benzene rings is 2. The minimum atomic E-state index is -0.566. The first-order valence-electron chi connectivity index (χ1n) is 9.47. The zero-order chi connectivity index (χ0) is 21.0. The molecule has 0 spiro atoms. The van der Waals surface area contributed by atoms with E-state index in [2.05, 4.69) is 20.5 Å². The molecular weight excluding hydrogens is 400 g/mol. The van der Waals surface area contributed by atoms with Crippen molar-refractivity contribution in [3.63, 3.8) is 0 Å². The summed E-state index contributed by atoms with van der Waals surface area (Å²) < 4.78 is 22.6. The zero-order valence-electron chi connectivity index (χ0n) is 16.1. The predicted octanol–water partition coefficient (Wildman–Crippen LogP) is 4.02. The van der Waals surface area contributed by atoms with Gasteiger partial charge < -0.3 is 18.6 Å². The van der Waals surface area contributed by atoms with Gasteiger partial charge in [0.15, 0.2) is 11.5 Å². The second-order valence-electron chi connectivity index (χ2n) is 6.56. The van der Waals surface area contributed by atoms with Crippen molar-refractivity contribution in [3.05, 3.63) is 84.4 Å². The van der Waals surface area contributed by atoms with Gasteiger partial charge >= 0.3 is 6.01 Å². The number of amides is 1. The summed E-state index contributed by atoms with van der Waals surface area (Å²) in [6, 6.07) is 19.7. The van der Waals surface area contributed by atoms with Gasteiger partial charge in [0.1, 0.15) is 12.4 Å². The molecule has 1 aliphatic heterocycles. The van der Waals surface area contributed by atoms with Crippen molar-refractivity contribution in [1.82, 2.24) is 15.2 Å². The summed E-state index contributed by atoms with van der Waals surface area (Å²) >= 11 is 0. The van der Waals surface area contributed by atoms with Gasteiger partial charge in [0.2, 0.25) is 12.0 Å².